The Morgan fingerprint density at radius 3 is 2.20 bits per heavy atom. The second-order valence-corrected chi connectivity index (χ2v) is 11.7. The number of para-hydroxylation sites is 2. The summed E-state index contributed by atoms with van der Waals surface area (Å²) in [5.41, 5.74) is 3.05. The first-order valence-electron chi connectivity index (χ1n) is 13.4. The molecule has 0 aliphatic rings. The predicted molar refractivity (Wildman–Crippen MR) is 159 cm³/mol. The molecule has 9 heteroatoms. The van der Waals surface area contributed by atoms with Crippen molar-refractivity contribution < 1.29 is 22.7 Å². The van der Waals surface area contributed by atoms with Gasteiger partial charge in [-0.15, -0.1) is 0 Å². The van der Waals surface area contributed by atoms with Crippen LogP contribution in [-0.4, -0.2) is 57.6 Å². The molecule has 1 N–H and O–H groups in total. The lowest BCUT2D eigenvalue weighted by Gasteiger charge is -2.33. The summed E-state index contributed by atoms with van der Waals surface area (Å²) < 4.78 is 32.3. The molecule has 0 aromatic heterocycles. The van der Waals surface area contributed by atoms with E-state index in [4.69, 9.17) is 4.74 Å². The van der Waals surface area contributed by atoms with Gasteiger partial charge >= 0.3 is 0 Å². The van der Waals surface area contributed by atoms with E-state index in [0.29, 0.717) is 12.3 Å². The zero-order valence-corrected chi connectivity index (χ0v) is 24.5. The Labute approximate surface area is 238 Å². The summed E-state index contributed by atoms with van der Waals surface area (Å²) in [5.74, 6) is -0.451. The summed E-state index contributed by atoms with van der Waals surface area (Å²) in [4.78, 5) is 29.2. The zero-order valence-electron chi connectivity index (χ0n) is 23.7. The number of nitrogens with one attached hydrogen (secondary N) is 1. The number of ether oxygens (including phenoxy) is 1. The van der Waals surface area contributed by atoms with Crippen molar-refractivity contribution in [2.24, 2.45) is 0 Å². The number of benzene rings is 3. The molecule has 0 fully saturated rings. The summed E-state index contributed by atoms with van der Waals surface area (Å²) in [5, 5.41) is 2.98. The maximum Gasteiger partial charge on any atom is 0.244 e. The van der Waals surface area contributed by atoms with Crippen molar-refractivity contribution in [3.05, 3.63) is 95.6 Å². The minimum absolute atomic E-state index is 0.140. The SMILES string of the molecule is CCCCNC(=O)[C@@H](Cc1ccccc1)N(Cc1ccc(C)cc1)C(=O)CN(c1ccccc1OC)S(C)(=O)=O. The minimum atomic E-state index is -3.87. The Morgan fingerprint density at radius 2 is 1.57 bits per heavy atom. The zero-order chi connectivity index (χ0) is 29.1. The lowest BCUT2D eigenvalue weighted by atomic mass is 10.0. The number of hydrogen-bond acceptors (Lipinski definition) is 5. The van der Waals surface area contributed by atoms with E-state index in [2.05, 4.69) is 5.32 Å². The maximum absolute atomic E-state index is 14.1. The first kappa shape index (κ1) is 30.7. The summed E-state index contributed by atoms with van der Waals surface area (Å²) in [6.07, 6.45) is 3.06. The first-order chi connectivity index (χ1) is 19.1. The van der Waals surface area contributed by atoms with E-state index < -0.39 is 28.5 Å². The fourth-order valence-electron chi connectivity index (χ4n) is 4.38. The van der Waals surface area contributed by atoms with Gasteiger partial charge in [0.05, 0.1) is 19.1 Å². The number of hydrogen-bond donors (Lipinski definition) is 1. The minimum Gasteiger partial charge on any atom is -0.495 e. The fraction of sp³-hybridized carbons (Fsp3) is 0.355. The Morgan fingerprint density at radius 1 is 0.925 bits per heavy atom. The van der Waals surface area contributed by atoms with Gasteiger partial charge in [0, 0.05) is 19.5 Å². The van der Waals surface area contributed by atoms with E-state index in [1.165, 1.54) is 12.0 Å². The molecular formula is C31H39N3O5S. The smallest absolute Gasteiger partial charge is 0.244 e. The number of sulfonamides is 1. The molecule has 3 aromatic carbocycles. The average Bonchev–Trinajstić information content (AvgIpc) is 2.94. The van der Waals surface area contributed by atoms with Crippen molar-refractivity contribution in [3.63, 3.8) is 0 Å². The van der Waals surface area contributed by atoms with Crippen LogP contribution in [-0.2, 0) is 32.6 Å². The van der Waals surface area contributed by atoms with E-state index in [0.717, 1.165) is 40.1 Å². The number of amides is 2. The topological polar surface area (TPSA) is 96.0 Å². The molecule has 214 valence electrons. The second-order valence-electron chi connectivity index (χ2n) is 9.80. The number of nitrogens with zero attached hydrogens (tertiary/aromatic N) is 2. The van der Waals surface area contributed by atoms with Gasteiger partial charge in [-0.1, -0.05) is 85.6 Å². The van der Waals surface area contributed by atoms with Crippen molar-refractivity contribution >= 4 is 27.5 Å². The maximum atomic E-state index is 14.1. The van der Waals surface area contributed by atoms with Crippen LogP contribution >= 0.6 is 0 Å². The molecule has 0 aliphatic heterocycles. The Kier molecular flexibility index (Phi) is 11.1. The Bertz CT molecular complexity index is 1360. The van der Waals surface area contributed by atoms with Crippen LogP contribution in [0.3, 0.4) is 0 Å². The van der Waals surface area contributed by atoms with Crippen LogP contribution in [0.15, 0.2) is 78.9 Å². The summed E-state index contributed by atoms with van der Waals surface area (Å²) in [7, 11) is -2.43. The van der Waals surface area contributed by atoms with Crippen LogP contribution in [0.4, 0.5) is 5.69 Å². The second kappa shape index (κ2) is 14.5. The quantitative estimate of drug-likeness (QED) is 0.294. The standard InChI is InChI=1S/C31H39N3O5S/c1-5-6-20-32-31(36)28(21-25-12-8-7-9-13-25)33(22-26-18-16-24(2)17-19-26)30(35)23-34(40(4,37)38)27-14-10-11-15-29(27)39-3/h7-19,28H,5-6,20-23H2,1-4H3,(H,32,36)/t28-/m1/s1. The van der Waals surface area contributed by atoms with Crippen LogP contribution in [0.5, 0.6) is 5.75 Å². The molecule has 0 aliphatic carbocycles. The summed E-state index contributed by atoms with van der Waals surface area (Å²) >= 11 is 0. The molecule has 0 unspecified atom stereocenters. The number of carbonyl (C=O) groups is 2. The molecule has 1 atom stereocenters. The normalized spacial score (nSPS) is 11.9. The Hall–Kier alpha value is -3.85. The van der Waals surface area contributed by atoms with E-state index in [9.17, 15) is 18.0 Å². The molecule has 0 heterocycles. The van der Waals surface area contributed by atoms with Gasteiger partial charge in [-0.3, -0.25) is 13.9 Å². The third-order valence-electron chi connectivity index (χ3n) is 6.61. The van der Waals surface area contributed by atoms with E-state index in [1.54, 1.807) is 24.3 Å². The number of carbonyl (C=O) groups excluding carboxylic acids is 2. The van der Waals surface area contributed by atoms with Crippen LogP contribution in [0.25, 0.3) is 0 Å². The van der Waals surface area contributed by atoms with Gasteiger partial charge in [0.15, 0.2) is 0 Å². The molecule has 0 spiro atoms. The monoisotopic (exact) mass is 565 g/mol. The van der Waals surface area contributed by atoms with E-state index >= 15 is 0 Å². The highest BCUT2D eigenvalue weighted by molar-refractivity contribution is 7.92. The molecule has 3 rings (SSSR count). The highest BCUT2D eigenvalue weighted by atomic mass is 32.2. The molecule has 0 saturated carbocycles. The predicted octanol–water partition coefficient (Wildman–Crippen LogP) is 4.33. The van der Waals surface area contributed by atoms with E-state index in [-0.39, 0.29) is 24.6 Å². The lowest BCUT2D eigenvalue weighted by Crippen LogP contribution is -2.53. The number of unbranched alkanes of at least 4 members (excludes halogenated alkanes) is 1. The largest absolute Gasteiger partial charge is 0.495 e. The number of rotatable bonds is 14. The van der Waals surface area contributed by atoms with Gasteiger partial charge in [0.2, 0.25) is 21.8 Å². The molecule has 0 radical (unpaired) electrons. The highest BCUT2D eigenvalue weighted by Crippen LogP contribution is 2.30. The van der Waals surface area contributed by atoms with Gasteiger partial charge < -0.3 is 15.0 Å². The number of anilines is 1. The third-order valence-corrected chi connectivity index (χ3v) is 7.73. The molecular weight excluding hydrogens is 526 g/mol. The third kappa shape index (κ3) is 8.58. The van der Waals surface area contributed by atoms with E-state index in [1.807, 2.05) is 68.4 Å². The number of aryl methyl sites for hydroxylation is 1. The van der Waals surface area contributed by atoms with Crippen molar-refractivity contribution in [2.75, 3.05) is 30.8 Å². The van der Waals surface area contributed by atoms with Gasteiger partial charge in [-0.25, -0.2) is 8.42 Å². The molecule has 0 saturated heterocycles. The Balaban J connectivity index is 2.05. The lowest BCUT2D eigenvalue weighted by molar-refractivity contribution is -0.140. The number of methoxy groups -OCH3 is 1. The highest BCUT2D eigenvalue weighted by Gasteiger charge is 2.33. The average molecular weight is 566 g/mol. The molecule has 0 bridgehead atoms. The van der Waals surface area contributed by atoms with Crippen LogP contribution in [0, 0.1) is 6.92 Å². The van der Waals surface area contributed by atoms with Crippen molar-refractivity contribution in [1.82, 2.24) is 10.2 Å². The summed E-state index contributed by atoms with van der Waals surface area (Å²) in [6, 6.07) is 23.0. The van der Waals surface area contributed by atoms with Gasteiger partial charge in [-0.2, -0.15) is 0 Å². The van der Waals surface area contributed by atoms with Crippen LogP contribution in [0.2, 0.25) is 0 Å². The van der Waals surface area contributed by atoms with Crippen LogP contribution in [0.1, 0.15) is 36.5 Å². The van der Waals surface area contributed by atoms with Crippen LogP contribution < -0.4 is 14.4 Å². The van der Waals surface area contributed by atoms with Crippen molar-refractivity contribution in [2.45, 2.75) is 45.7 Å². The van der Waals surface area contributed by atoms with Gasteiger partial charge in [0.25, 0.3) is 0 Å². The molecule has 40 heavy (non-hydrogen) atoms. The van der Waals surface area contributed by atoms with Gasteiger partial charge in [-0.05, 0) is 36.6 Å². The van der Waals surface area contributed by atoms with Crippen molar-refractivity contribution in [1.29, 1.82) is 0 Å². The van der Waals surface area contributed by atoms with Crippen molar-refractivity contribution in [3.8, 4) is 5.75 Å². The fourth-order valence-corrected chi connectivity index (χ4v) is 5.23. The first-order valence-corrected chi connectivity index (χ1v) is 15.3. The summed E-state index contributed by atoms with van der Waals surface area (Å²) in [6.45, 7) is 4.16. The molecule has 8 nitrogen and oxygen atoms in total. The molecule has 3 aromatic rings. The van der Waals surface area contributed by atoms with Gasteiger partial charge in [0.1, 0.15) is 18.3 Å². The molecule has 2 amide bonds.